The fourth-order valence-electron chi connectivity index (χ4n) is 3.21. The Bertz CT molecular complexity index is 807. The van der Waals surface area contributed by atoms with Crippen LogP contribution in [-0.2, 0) is 10.5 Å². The number of ether oxygens (including phenoxy) is 1. The Hall–Kier alpha value is -2.62. The number of hydrogen-bond donors (Lipinski definition) is 1. The van der Waals surface area contributed by atoms with Crippen molar-refractivity contribution in [3.8, 4) is 11.5 Å². The van der Waals surface area contributed by atoms with Gasteiger partial charge in [0.25, 0.3) is 0 Å². The van der Waals surface area contributed by atoms with Gasteiger partial charge in [-0.05, 0) is 24.6 Å². The lowest BCUT2D eigenvalue weighted by molar-refractivity contribution is -0.303. The van der Waals surface area contributed by atoms with E-state index in [0.29, 0.717) is 11.5 Å². The molecule has 0 unspecified atom stereocenters. The van der Waals surface area contributed by atoms with E-state index in [2.05, 4.69) is 0 Å². The molecule has 0 aromatic heterocycles. The normalized spacial score (nSPS) is 14.5. The van der Waals surface area contributed by atoms with Crippen molar-refractivity contribution in [2.45, 2.75) is 12.5 Å². The summed E-state index contributed by atoms with van der Waals surface area (Å²) in [4.78, 5) is 5.18. The van der Waals surface area contributed by atoms with E-state index in [-0.39, 0.29) is 0 Å². The summed E-state index contributed by atoms with van der Waals surface area (Å²) in [6, 6.07) is 23.2. The summed E-state index contributed by atoms with van der Waals surface area (Å²) < 4.78 is 5.99. The monoisotopic (exact) mass is 304 g/mol. The van der Waals surface area contributed by atoms with Crippen molar-refractivity contribution >= 4 is 0 Å². The van der Waals surface area contributed by atoms with E-state index >= 15 is 0 Å². The molecule has 23 heavy (non-hydrogen) atoms. The van der Waals surface area contributed by atoms with Crippen molar-refractivity contribution < 1.29 is 14.9 Å². The standard InChI is InChI=1S/C20H16O3/c1-14-10-12-15(13-11-14)20(23-21)16-6-2-4-8-18(16)22-19-9-5-3-7-17(19)20/h2-13,21H,1H3. The topological polar surface area (TPSA) is 38.7 Å². The van der Waals surface area contributed by atoms with E-state index in [0.717, 1.165) is 22.3 Å². The molecule has 0 bridgehead atoms. The van der Waals surface area contributed by atoms with Crippen molar-refractivity contribution in [1.82, 2.24) is 0 Å². The lowest BCUT2D eigenvalue weighted by atomic mass is 9.78. The molecule has 3 nitrogen and oxygen atoms in total. The molecule has 0 radical (unpaired) electrons. The molecule has 0 atom stereocenters. The van der Waals surface area contributed by atoms with E-state index in [1.807, 2.05) is 79.7 Å². The van der Waals surface area contributed by atoms with Gasteiger partial charge in [-0.25, -0.2) is 4.89 Å². The molecular formula is C20H16O3. The molecule has 1 N–H and O–H groups in total. The summed E-state index contributed by atoms with van der Waals surface area (Å²) in [5.41, 5.74) is 2.47. The van der Waals surface area contributed by atoms with Gasteiger partial charge in [-0.1, -0.05) is 66.2 Å². The second kappa shape index (κ2) is 5.23. The van der Waals surface area contributed by atoms with Crippen molar-refractivity contribution in [2.75, 3.05) is 0 Å². The average Bonchev–Trinajstić information content (AvgIpc) is 2.60. The third kappa shape index (κ3) is 1.98. The van der Waals surface area contributed by atoms with E-state index in [4.69, 9.17) is 9.62 Å². The molecule has 0 fully saturated rings. The van der Waals surface area contributed by atoms with Crippen LogP contribution in [0.25, 0.3) is 0 Å². The van der Waals surface area contributed by atoms with Gasteiger partial charge < -0.3 is 4.74 Å². The summed E-state index contributed by atoms with van der Waals surface area (Å²) in [6.45, 7) is 2.03. The summed E-state index contributed by atoms with van der Waals surface area (Å²) in [6.07, 6.45) is 0. The van der Waals surface area contributed by atoms with Gasteiger partial charge in [0.05, 0.1) is 0 Å². The highest BCUT2D eigenvalue weighted by Crippen LogP contribution is 2.51. The Labute approximate surface area is 134 Å². The highest BCUT2D eigenvalue weighted by atomic mass is 17.1. The highest BCUT2D eigenvalue weighted by molar-refractivity contribution is 5.61. The maximum absolute atomic E-state index is 10.0. The van der Waals surface area contributed by atoms with E-state index < -0.39 is 5.60 Å². The first-order valence-corrected chi connectivity index (χ1v) is 7.52. The predicted molar refractivity (Wildman–Crippen MR) is 87.7 cm³/mol. The molecule has 1 aliphatic heterocycles. The Balaban J connectivity index is 2.07. The number of benzene rings is 3. The number of fused-ring (bicyclic) bond motifs is 2. The Morgan fingerprint density at radius 3 is 1.83 bits per heavy atom. The van der Waals surface area contributed by atoms with E-state index in [1.54, 1.807) is 0 Å². The number of para-hydroxylation sites is 2. The van der Waals surface area contributed by atoms with Crippen LogP contribution >= 0.6 is 0 Å². The lowest BCUT2D eigenvalue weighted by Crippen LogP contribution is -2.34. The van der Waals surface area contributed by atoms with Gasteiger partial charge in [0.15, 0.2) is 5.60 Å². The SMILES string of the molecule is Cc1ccc(C2(OO)c3ccccc3Oc3ccccc32)cc1. The molecule has 3 heteroatoms. The van der Waals surface area contributed by atoms with Crippen LogP contribution in [0.15, 0.2) is 72.8 Å². The van der Waals surface area contributed by atoms with Gasteiger partial charge in [0.2, 0.25) is 0 Å². The predicted octanol–water partition coefficient (Wildman–Crippen LogP) is 4.88. The summed E-state index contributed by atoms with van der Waals surface area (Å²) in [7, 11) is 0. The molecule has 3 aromatic rings. The van der Waals surface area contributed by atoms with Gasteiger partial charge >= 0.3 is 0 Å². The van der Waals surface area contributed by atoms with Crippen LogP contribution in [0.2, 0.25) is 0 Å². The van der Waals surface area contributed by atoms with Crippen LogP contribution < -0.4 is 4.74 Å². The molecule has 0 spiro atoms. The van der Waals surface area contributed by atoms with Gasteiger partial charge in [-0.15, -0.1) is 0 Å². The molecule has 0 aliphatic carbocycles. The molecule has 1 heterocycles. The highest BCUT2D eigenvalue weighted by Gasteiger charge is 2.45. The van der Waals surface area contributed by atoms with Crippen LogP contribution in [0.4, 0.5) is 0 Å². The smallest absolute Gasteiger partial charge is 0.185 e. The molecule has 3 aromatic carbocycles. The molecule has 114 valence electrons. The van der Waals surface area contributed by atoms with Crippen molar-refractivity contribution in [1.29, 1.82) is 0 Å². The van der Waals surface area contributed by atoms with Crippen LogP contribution in [0.3, 0.4) is 0 Å². The average molecular weight is 304 g/mol. The van der Waals surface area contributed by atoms with Crippen LogP contribution in [0, 0.1) is 6.92 Å². The van der Waals surface area contributed by atoms with Crippen LogP contribution in [-0.4, -0.2) is 5.26 Å². The fraction of sp³-hybridized carbons (Fsp3) is 0.100. The quantitative estimate of drug-likeness (QED) is 0.541. The summed E-state index contributed by atoms with van der Waals surface area (Å²) >= 11 is 0. The van der Waals surface area contributed by atoms with Crippen LogP contribution in [0.5, 0.6) is 11.5 Å². The van der Waals surface area contributed by atoms with Gasteiger partial charge in [0, 0.05) is 11.1 Å². The maximum atomic E-state index is 10.0. The zero-order valence-electron chi connectivity index (χ0n) is 12.7. The maximum Gasteiger partial charge on any atom is 0.185 e. The molecule has 4 rings (SSSR count). The largest absolute Gasteiger partial charge is 0.457 e. The second-order valence-electron chi connectivity index (χ2n) is 5.73. The minimum atomic E-state index is -1.10. The summed E-state index contributed by atoms with van der Waals surface area (Å²) in [5.74, 6) is 1.36. The minimum Gasteiger partial charge on any atom is -0.457 e. The van der Waals surface area contributed by atoms with Crippen molar-refractivity contribution in [2.24, 2.45) is 0 Å². The Kier molecular flexibility index (Phi) is 3.18. The first-order valence-electron chi connectivity index (χ1n) is 7.52. The fourth-order valence-corrected chi connectivity index (χ4v) is 3.21. The van der Waals surface area contributed by atoms with Crippen molar-refractivity contribution in [3.05, 3.63) is 95.1 Å². The second-order valence-corrected chi connectivity index (χ2v) is 5.73. The Morgan fingerprint density at radius 2 is 1.30 bits per heavy atom. The Morgan fingerprint density at radius 1 is 0.783 bits per heavy atom. The van der Waals surface area contributed by atoms with Gasteiger partial charge in [-0.2, -0.15) is 0 Å². The van der Waals surface area contributed by atoms with Gasteiger partial charge in [-0.3, -0.25) is 5.26 Å². The lowest BCUT2D eigenvalue weighted by Gasteiger charge is -2.37. The van der Waals surface area contributed by atoms with Crippen molar-refractivity contribution in [3.63, 3.8) is 0 Å². The zero-order chi connectivity index (χ0) is 15.9. The molecule has 1 aliphatic rings. The summed E-state index contributed by atoms with van der Waals surface area (Å²) in [5, 5.41) is 10.0. The molecule has 0 saturated heterocycles. The minimum absolute atomic E-state index is 0.681. The number of aryl methyl sites for hydroxylation is 1. The molecule has 0 saturated carbocycles. The molecular weight excluding hydrogens is 288 g/mol. The first-order chi connectivity index (χ1) is 11.3. The number of hydrogen-bond acceptors (Lipinski definition) is 3. The number of rotatable bonds is 2. The first kappa shape index (κ1) is 14.0. The van der Waals surface area contributed by atoms with Crippen LogP contribution in [0.1, 0.15) is 22.3 Å². The molecule has 0 amide bonds. The van der Waals surface area contributed by atoms with E-state index in [9.17, 15) is 5.26 Å². The third-order valence-corrected chi connectivity index (χ3v) is 4.35. The van der Waals surface area contributed by atoms with E-state index in [1.165, 1.54) is 0 Å². The van der Waals surface area contributed by atoms with Gasteiger partial charge in [0.1, 0.15) is 11.5 Å². The zero-order valence-corrected chi connectivity index (χ0v) is 12.7. The third-order valence-electron chi connectivity index (χ3n) is 4.35.